The predicted octanol–water partition coefficient (Wildman–Crippen LogP) is 3.25. The van der Waals surface area contributed by atoms with Gasteiger partial charge in [-0.05, 0) is 24.5 Å². The summed E-state index contributed by atoms with van der Waals surface area (Å²) in [6.07, 6.45) is -3.79. The molecule has 1 aromatic carbocycles. The summed E-state index contributed by atoms with van der Waals surface area (Å²) in [6, 6.07) is 8.01. The molecule has 2 N–H and O–H groups in total. The maximum Gasteiger partial charge on any atom is 0.411 e. The van der Waals surface area contributed by atoms with Crippen LogP contribution in [-0.2, 0) is 11.3 Å². The van der Waals surface area contributed by atoms with Crippen LogP contribution in [0.25, 0.3) is 0 Å². The molecule has 0 spiro atoms. The zero-order valence-corrected chi connectivity index (χ0v) is 15.6. The molecule has 0 saturated heterocycles. The third-order valence-corrected chi connectivity index (χ3v) is 2.95. The van der Waals surface area contributed by atoms with E-state index in [1.807, 2.05) is 31.2 Å². The average Bonchev–Trinajstić information content (AvgIpc) is 2.46. The number of aliphatic imine (C=N–C) groups is 1. The fourth-order valence-corrected chi connectivity index (χ4v) is 1.78. The molecule has 1 rings (SSSR count). The van der Waals surface area contributed by atoms with Crippen molar-refractivity contribution >= 4 is 29.9 Å². The van der Waals surface area contributed by atoms with Gasteiger partial charge in [0.05, 0.1) is 0 Å². The molecule has 0 atom stereocenters. The number of guanidine groups is 1. The number of nitrogens with one attached hydrogen (secondary N) is 2. The molecule has 0 saturated carbocycles. The van der Waals surface area contributed by atoms with Gasteiger partial charge in [0.2, 0.25) is 0 Å². The second kappa shape index (κ2) is 11.5. The standard InChI is InChI=1S/C15H22F3N3O.HI/c1-12-6-3-4-7-13(12)10-21-14(19-2)20-8-5-9-22-11-15(16,17)18;/h3-4,6-7H,5,8-11H2,1-2H3,(H2,19,20,21);1H. The number of ether oxygens (including phenoxy) is 1. The fourth-order valence-electron chi connectivity index (χ4n) is 1.78. The lowest BCUT2D eigenvalue weighted by Gasteiger charge is -2.13. The molecule has 0 bridgehead atoms. The fraction of sp³-hybridized carbons (Fsp3) is 0.533. The molecule has 132 valence electrons. The molecule has 0 aliphatic heterocycles. The minimum Gasteiger partial charge on any atom is -0.372 e. The molecule has 23 heavy (non-hydrogen) atoms. The lowest BCUT2D eigenvalue weighted by Crippen LogP contribution is -2.37. The van der Waals surface area contributed by atoms with Gasteiger partial charge in [-0.1, -0.05) is 24.3 Å². The monoisotopic (exact) mass is 445 g/mol. The molecule has 0 heterocycles. The van der Waals surface area contributed by atoms with E-state index in [9.17, 15) is 13.2 Å². The zero-order chi connectivity index (χ0) is 16.4. The Morgan fingerprint density at radius 1 is 1.22 bits per heavy atom. The van der Waals surface area contributed by atoms with E-state index in [4.69, 9.17) is 0 Å². The van der Waals surface area contributed by atoms with Gasteiger partial charge in [0.25, 0.3) is 0 Å². The third kappa shape index (κ3) is 10.4. The smallest absolute Gasteiger partial charge is 0.372 e. The highest BCUT2D eigenvalue weighted by molar-refractivity contribution is 14.0. The van der Waals surface area contributed by atoms with Crippen molar-refractivity contribution in [2.24, 2.45) is 4.99 Å². The van der Waals surface area contributed by atoms with Crippen LogP contribution in [0, 0.1) is 6.92 Å². The highest BCUT2D eigenvalue weighted by Crippen LogP contribution is 2.14. The van der Waals surface area contributed by atoms with E-state index in [-0.39, 0.29) is 30.6 Å². The van der Waals surface area contributed by atoms with Gasteiger partial charge in [-0.25, -0.2) is 0 Å². The van der Waals surface area contributed by atoms with Crippen molar-refractivity contribution in [3.63, 3.8) is 0 Å². The van der Waals surface area contributed by atoms with Gasteiger partial charge in [-0.3, -0.25) is 4.99 Å². The highest BCUT2D eigenvalue weighted by atomic mass is 127. The van der Waals surface area contributed by atoms with Crippen molar-refractivity contribution < 1.29 is 17.9 Å². The van der Waals surface area contributed by atoms with Gasteiger partial charge in [0.15, 0.2) is 5.96 Å². The number of rotatable bonds is 7. The van der Waals surface area contributed by atoms with E-state index in [0.717, 1.165) is 0 Å². The molecular formula is C15H23F3IN3O. The molecule has 0 radical (unpaired) electrons. The topological polar surface area (TPSA) is 45.7 Å². The number of alkyl halides is 3. The quantitative estimate of drug-likeness (QED) is 0.293. The molecule has 0 amide bonds. The third-order valence-electron chi connectivity index (χ3n) is 2.95. The molecular weight excluding hydrogens is 422 g/mol. The maximum absolute atomic E-state index is 11.9. The van der Waals surface area contributed by atoms with Crippen LogP contribution in [0.2, 0.25) is 0 Å². The average molecular weight is 445 g/mol. The Labute approximate surface area is 151 Å². The van der Waals surface area contributed by atoms with Gasteiger partial charge < -0.3 is 15.4 Å². The van der Waals surface area contributed by atoms with Crippen molar-refractivity contribution in [1.82, 2.24) is 10.6 Å². The normalized spacial score (nSPS) is 11.8. The summed E-state index contributed by atoms with van der Waals surface area (Å²) in [5.41, 5.74) is 2.35. The van der Waals surface area contributed by atoms with Crippen molar-refractivity contribution in [1.29, 1.82) is 0 Å². The number of hydrogen-bond acceptors (Lipinski definition) is 2. The predicted molar refractivity (Wildman–Crippen MR) is 96.3 cm³/mol. The largest absolute Gasteiger partial charge is 0.411 e. The first-order valence-electron chi connectivity index (χ1n) is 7.06. The molecule has 1 aromatic rings. The van der Waals surface area contributed by atoms with Crippen molar-refractivity contribution in [2.45, 2.75) is 26.1 Å². The summed E-state index contributed by atoms with van der Waals surface area (Å²) in [7, 11) is 1.65. The number of hydrogen-bond donors (Lipinski definition) is 2. The van der Waals surface area contributed by atoms with E-state index < -0.39 is 12.8 Å². The van der Waals surface area contributed by atoms with Crippen LogP contribution < -0.4 is 10.6 Å². The summed E-state index contributed by atoms with van der Waals surface area (Å²) in [5.74, 6) is 0.610. The Bertz CT molecular complexity index is 481. The molecule has 0 aliphatic rings. The summed E-state index contributed by atoms with van der Waals surface area (Å²) in [6.45, 7) is 2.02. The second-order valence-corrected chi connectivity index (χ2v) is 4.80. The Hall–Kier alpha value is -1.03. The van der Waals surface area contributed by atoms with E-state index in [0.29, 0.717) is 25.5 Å². The van der Waals surface area contributed by atoms with E-state index in [2.05, 4.69) is 20.4 Å². The first-order valence-corrected chi connectivity index (χ1v) is 7.06. The lowest BCUT2D eigenvalue weighted by molar-refractivity contribution is -0.173. The van der Waals surface area contributed by atoms with Gasteiger partial charge in [-0.15, -0.1) is 24.0 Å². The molecule has 8 heteroatoms. The zero-order valence-electron chi connectivity index (χ0n) is 13.2. The van der Waals surface area contributed by atoms with Crippen LogP contribution in [-0.4, -0.2) is 38.9 Å². The molecule has 0 unspecified atom stereocenters. The van der Waals surface area contributed by atoms with Crippen molar-refractivity contribution in [2.75, 3.05) is 26.8 Å². The summed E-state index contributed by atoms with van der Waals surface area (Å²) in [5, 5.41) is 6.19. The van der Waals surface area contributed by atoms with Crippen LogP contribution in [0.3, 0.4) is 0 Å². The molecule has 0 fully saturated rings. The van der Waals surface area contributed by atoms with Crippen LogP contribution in [0.1, 0.15) is 17.5 Å². The minimum atomic E-state index is -4.27. The van der Waals surface area contributed by atoms with E-state index in [1.54, 1.807) is 7.05 Å². The van der Waals surface area contributed by atoms with Crippen LogP contribution in [0.15, 0.2) is 29.3 Å². The van der Waals surface area contributed by atoms with Gasteiger partial charge >= 0.3 is 6.18 Å². The van der Waals surface area contributed by atoms with E-state index in [1.165, 1.54) is 11.1 Å². The van der Waals surface area contributed by atoms with Gasteiger partial charge in [0, 0.05) is 26.7 Å². The van der Waals surface area contributed by atoms with Crippen LogP contribution in [0.4, 0.5) is 13.2 Å². The lowest BCUT2D eigenvalue weighted by atomic mass is 10.1. The van der Waals surface area contributed by atoms with E-state index >= 15 is 0 Å². The van der Waals surface area contributed by atoms with Crippen molar-refractivity contribution in [3.05, 3.63) is 35.4 Å². The molecule has 0 aliphatic carbocycles. The highest BCUT2D eigenvalue weighted by Gasteiger charge is 2.27. The second-order valence-electron chi connectivity index (χ2n) is 4.80. The SMILES string of the molecule is CN=C(NCCCOCC(F)(F)F)NCc1ccccc1C.I. The number of halogens is 4. The van der Waals surface area contributed by atoms with Crippen LogP contribution >= 0.6 is 24.0 Å². The minimum absolute atomic E-state index is 0. The Morgan fingerprint density at radius 3 is 2.52 bits per heavy atom. The number of benzene rings is 1. The molecule has 0 aromatic heterocycles. The number of nitrogens with zero attached hydrogens (tertiary/aromatic N) is 1. The summed E-state index contributed by atoms with van der Waals surface area (Å²) in [4.78, 5) is 4.06. The van der Waals surface area contributed by atoms with Crippen LogP contribution in [0.5, 0.6) is 0 Å². The first-order chi connectivity index (χ1) is 10.4. The summed E-state index contributed by atoms with van der Waals surface area (Å²) >= 11 is 0. The molecule has 4 nitrogen and oxygen atoms in total. The van der Waals surface area contributed by atoms with Gasteiger partial charge in [0.1, 0.15) is 6.61 Å². The van der Waals surface area contributed by atoms with Crippen molar-refractivity contribution in [3.8, 4) is 0 Å². The first kappa shape index (κ1) is 22.0. The Morgan fingerprint density at radius 2 is 1.91 bits per heavy atom. The Balaban J connectivity index is 0.00000484. The number of aryl methyl sites for hydroxylation is 1. The maximum atomic E-state index is 11.9. The summed E-state index contributed by atoms with van der Waals surface area (Å²) < 4.78 is 40.1. The Kier molecular flexibility index (Phi) is 11.0. The van der Waals surface area contributed by atoms with Gasteiger partial charge in [-0.2, -0.15) is 13.2 Å².